The molecule has 2 aromatic heterocycles. The maximum absolute atomic E-state index is 13.1. The third kappa shape index (κ3) is 5.13. The summed E-state index contributed by atoms with van der Waals surface area (Å²) >= 11 is 7.35. The molecule has 10 heteroatoms. The van der Waals surface area contributed by atoms with Crippen LogP contribution in [-0.4, -0.2) is 48.0 Å². The van der Waals surface area contributed by atoms with Crippen LogP contribution in [0.2, 0.25) is 5.02 Å². The number of pyridine rings is 1. The van der Waals surface area contributed by atoms with Crippen molar-refractivity contribution in [2.75, 3.05) is 37.4 Å². The number of halogens is 1. The molecular weight excluding hydrogens is 500 g/mol. The molecule has 36 heavy (non-hydrogen) atoms. The van der Waals surface area contributed by atoms with Crippen LogP contribution in [-0.2, 0) is 11.3 Å². The van der Waals surface area contributed by atoms with Crippen molar-refractivity contribution in [3.8, 4) is 5.75 Å². The molecule has 2 amide bonds. The fraction of sp³-hybridized carbons (Fsp3) is 0.192. The Hall–Kier alpha value is -3.66. The third-order valence-corrected chi connectivity index (χ3v) is 7.14. The molecule has 8 nitrogen and oxygen atoms in total. The van der Waals surface area contributed by atoms with Crippen LogP contribution in [0.3, 0.4) is 0 Å². The second-order valence-electron chi connectivity index (χ2n) is 8.20. The number of benzene rings is 2. The van der Waals surface area contributed by atoms with Crippen LogP contribution >= 0.6 is 22.9 Å². The molecule has 3 N–H and O–H groups in total. The number of nitrogens with one attached hydrogen (secondary N) is 1. The van der Waals surface area contributed by atoms with Crippen molar-refractivity contribution >= 4 is 56.3 Å². The lowest BCUT2D eigenvalue weighted by molar-refractivity contribution is 0.0304. The highest BCUT2D eigenvalue weighted by Crippen LogP contribution is 2.34. The summed E-state index contributed by atoms with van der Waals surface area (Å²) in [5.74, 6) is 0.539. The van der Waals surface area contributed by atoms with Crippen LogP contribution in [0.5, 0.6) is 5.75 Å². The molecule has 0 unspecified atom stereocenters. The van der Waals surface area contributed by atoms with E-state index in [0.717, 1.165) is 15.6 Å². The predicted molar refractivity (Wildman–Crippen MR) is 141 cm³/mol. The Morgan fingerprint density at radius 1 is 1.17 bits per heavy atom. The van der Waals surface area contributed by atoms with E-state index in [1.54, 1.807) is 59.6 Å². The Bertz CT molecular complexity index is 1420. The molecule has 1 fully saturated rings. The largest absolute Gasteiger partial charge is 0.489 e. The molecule has 1 saturated heterocycles. The van der Waals surface area contributed by atoms with Crippen molar-refractivity contribution in [2.24, 2.45) is 0 Å². The highest BCUT2D eigenvalue weighted by Gasteiger charge is 2.23. The van der Waals surface area contributed by atoms with Gasteiger partial charge in [-0.2, -0.15) is 0 Å². The number of amides is 2. The van der Waals surface area contributed by atoms with Gasteiger partial charge in [-0.3, -0.25) is 9.59 Å². The van der Waals surface area contributed by atoms with Gasteiger partial charge in [-0.05, 0) is 47.8 Å². The molecule has 0 saturated carbocycles. The number of morpholine rings is 1. The molecule has 5 rings (SSSR count). The quantitative estimate of drug-likeness (QED) is 0.375. The lowest BCUT2D eigenvalue weighted by Gasteiger charge is -2.27. The van der Waals surface area contributed by atoms with Crippen molar-refractivity contribution in [3.63, 3.8) is 0 Å². The molecule has 0 radical (unpaired) electrons. The monoisotopic (exact) mass is 522 g/mol. The van der Waals surface area contributed by atoms with E-state index in [-0.39, 0.29) is 18.4 Å². The van der Waals surface area contributed by atoms with Crippen molar-refractivity contribution in [2.45, 2.75) is 6.61 Å². The summed E-state index contributed by atoms with van der Waals surface area (Å²) in [5.41, 5.74) is 8.65. The zero-order chi connectivity index (χ0) is 25.1. The van der Waals surface area contributed by atoms with Gasteiger partial charge in [0.05, 0.1) is 23.5 Å². The number of rotatable bonds is 6. The molecule has 1 aliphatic rings. The number of hydrogen-bond donors (Lipinski definition) is 2. The highest BCUT2D eigenvalue weighted by atomic mass is 35.5. The number of aromatic nitrogens is 1. The maximum atomic E-state index is 13.1. The number of hydrogen-bond acceptors (Lipinski definition) is 7. The fourth-order valence-corrected chi connectivity index (χ4v) is 5.14. The van der Waals surface area contributed by atoms with Crippen LogP contribution < -0.4 is 15.8 Å². The summed E-state index contributed by atoms with van der Waals surface area (Å²) in [6.45, 7) is 2.36. The summed E-state index contributed by atoms with van der Waals surface area (Å²) in [5, 5.41) is 6.08. The molecule has 184 valence electrons. The lowest BCUT2D eigenvalue weighted by Crippen LogP contribution is -2.40. The first kappa shape index (κ1) is 24.1. The van der Waals surface area contributed by atoms with Gasteiger partial charge in [-0.1, -0.05) is 17.7 Å². The van der Waals surface area contributed by atoms with E-state index in [1.807, 2.05) is 5.38 Å². The van der Waals surface area contributed by atoms with Crippen molar-refractivity contribution in [3.05, 3.63) is 81.8 Å². The van der Waals surface area contributed by atoms with Gasteiger partial charge in [0.1, 0.15) is 18.2 Å². The first-order valence-electron chi connectivity index (χ1n) is 11.3. The summed E-state index contributed by atoms with van der Waals surface area (Å²) in [6, 6.07) is 13.8. The van der Waals surface area contributed by atoms with Gasteiger partial charge in [0.25, 0.3) is 11.8 Å². The third-order valence-electron chi connectivity index (χ3n) is 5.82. The van der Waals surface area contributed by atoms with E-state index in [9.17, 15) is 9.59 Å². The fourth-order valence-electron chi connectivity index (χ4n) is 3.95. The van der Waals surface area contributed by atoms with E-state index in [0.29, 0.717) is 59.7 Å². The van der Waals surface area contributed by atoms with Gasteiger partial charge >= 0.3 is 0 Å². The average molecular weight is 523 g/mol. The summed E-state index contributed by atoms with van der Waals surface area (Å²) in [6.07, 6.45) is 1.54. The van der Waals surface area contributed by atoms with Crippen molar-refractivity contribution in [1.29, 1.82) is 0 Å². The van der Waals surface area contributed by atoms with Crippen molar-refractivity contribution < 1.29 is 19.1 Å². The molecule has 0 atom stereocenters. The summed E-state index contributed by atoms with van der Waals surface area (Å²) < 4.78 is 12.1. The smallest absolute Gasteiger partial charge is 0.257 e. The van der Waals surface area contributed by atoms with Crippen molar-refractivity contribution in [1.82, 2.24) is 9.88 Å². The molecular formula is C26H23ClN4O4S. The highest BCUT2D eigenvalue weighted by molar-refractivity contribution is 7.17. The molecule has 2 aromatic carbocycles. The average Bonchev–Trinajstić information content (AvgIpc) is 3.34. The van der Waals surface area contributed by atoms with E-state index in [1.165, 1.54) is 11.3 Å². The van der Waals surface area contributed by atoms with Crippen LogP contribution in [0, 0.1) is 0 Å². The number of anilines is 2. The number of nitrogen functional groups attached to an aromatic ring is 1. The number of nitrogens with two attached hydrogens (primary N) is 1. The van der Waals surface area contributed by atoms with Gasteiger partial charge in [0.2, 0.25) is 0 Å². The predicted octanol–water partition coefficient (Wildman–Crippen LogP) is 4.84. The zero-order valence-corrected chi connectivity index (χ0v) is 20.8. The number of carbonyl (C=O) groups excluding carboxylic acids is 2. The summed E-state index contributed by atoms with van der Waals surface area (Å²) in [7, 11) is 0. The first-order chi connectivity index (χ1) is 17.5. The van der Waals surface area contributed by atoms with E-state index < -0.39 is 0 Å². The molecule has 1 aliphatic heterocycles. The van der Waals surface area contributed by atoms with E-state index in [2.05, 4.69) is 10.3 Å². The lowest BCUT2D eigenvalue weighted by atomic mass is 10.1. The minimum absolute atomic E-state index is 0.0791. The first-order valence-corrected chi connectivity index (χ1v) is 12.6. The Labute approximate surface area is 216 Å². The maximum Gasteiger partial charge on any atom is 0.257 e. The van der Waals surface area contributed by atoms with Gasteiger partial charge in [-0.25, -0.2) is 4.98 Å². The Morgan fingerprint density at radius 2 is 1.94 bits per heavy atom. The Kier molecular flexibility index (Phi) is 7.04. The Balaban J connectivity index is 1.32. The topological polar surface area (TPSA) is 107 Å². The van der Waals surface area contributed by atoms with Crippen LogP contribution in [0.25, 0.3) is 10.1 Å². The molecule has 0 spiro atoms. The summed E-state index contributed by atoms with van der Waals surface area (Å²) in [4.78, 5) is 31.8. The number of thiophene rings is 1. The molecule has 0 bridgehead atoms. The van der Waals surface area contributed by atoms with Crippen LogP contribution in [0.4, 0.5) is 11.5 Å². The van der Waals surface area contributed by atoms with Crippen LogP contribution in [0.15, 0.2) is 60.1 Å². The molecule has 4 aromatic rings. The molecule has 3 heterocycles. The number of nitrogens with zero attached hydrogens (tertiary/aromatic N) is 2. The van der Waals surface area contributed by atoms with Gasteiger partial charge in [0.15, 0.2) is 0 Å². The zero-order valence-electron chi connectivity index (χ0n) is 19.2. The number of ether oxygens (including phenoxy) is 2. The van der Waals surface area contributed by atoms with Gasteiger partial charge in [-0.15, -0.1) is 11.3 Å². The minimum Gasteiger partial charge on any atom is -0.489 e. The Morgan fingerprint density at radius 3 is 2.72 bits per heavy atom. The van der Waals surface area contributed by atoms with Gasteiger partial charge in [0, 0.05) is 46.5 Å². The number of fused-ring (bicyclic) bond motifs is 1. The van der Waals surface area contributed by atoms with Crippen LogP contribution in [0.1, 0.15) is 26.3 Å². The van der Waals surface area contributed by atoms with Gasteiger partial charge < -0.3 is 25.4 Å². The second kappa shape index (κ2) is 10.5. The number of carbonyl (C=O) groups is 2. The second-order valence-corrected chi connectivity index (χ2v) is 9.52. The van der Waals surface area contributed by atoms with E-state index in [4.69, 9.17) is 26.8 Å². The van der Waals surface area contributed by atoms with E-state index >= 15 is 0 Å². The molecule has 0 aliphatic carbocycles. The SMILES string of the molecule is Nc1ncc(C(=O)N2CCOCC2)c2scc(COc3cccc(C(=O)Nc4ccc(Cl)cc4)c3)c12. The normalized spacial score (nSPS) is 13.5. The standard InChI is InChI=1S/C26H23ClN4O4S/c27-18-4-6-19(7-5-18)30-25(32)16-2-1-3-20(12-16)35-14-17-15-36-23-21(13-29-24(28)22(17)23)26(33)31-8-10-34-11-9-31/h1-7,12-13,15H,8-11,14H2,(H2,28,29)(H,30,32). The minimum atomic E-state index is -0.261.